The van der Waals surface area contributed by atoms with E-state index in [2.05, 4.69) is 16.0 Å². The lowest BCUT2D eigenvalue weighted by Gasteiger charge is -2.11. The predicted molar refractivity (Wildman–Crippen MR) is 103 cm³/mol. The third kappa shape index (κ3) is 6.89. The van der Waals surface area contributed by atoms with Gasteiger partial charge in [-0.2, -0.15) is 0 Å². The van der Waals surface area contributed by atoms with Crippen LogP contribution in [0.2, 0.25) is 0 Å². The second kappa shape index (κ2) is 10.4. The van der Waals surface area contributed by atoms with E-state index in [1.54, 1.807) is 11.8 Å². The molecule has 0 heterocycles. The van der Waals surface area contributed by atoms with Crippen LogP contribution in [0.25, 0.3) is 0 Å². The fourth-order valence-corrected chi connectivity index (χ4v) is 3.01. The van der Waals surface area contributed by atoms with Gasteiger partial charge in [0, 0.05) is 22.9 Å². The van der Waals surface area contributed by atoms with E-state index >= 15 is 0 Å². The van der Waals surface area contributed by atoms with Crippen LogP contribution in [0.3, 0.4) is 0 Å². The first kappa shape index (κ1) is 18.9. The maximum Gasteiger partial charge on any atom is 0.315 e. The molecule has 0 aromatic heterocycles. The van der Waals surface area contributed by atoms with Gasteiger partial charge in [0.05, 0.1) is 6.54 Å². The Hall–Kier alpha value is -2.47. The van der Waals surface area contributed by atoms with Gasteiger partial charge < -0.3 is 16.0 Å². The van der Waals surface area contributed by atoms with Crippen molar-refractivity contribution >= 4 is 29.4 Å². The summed E-state index contributed by atoms with van der Waals surface area (Å²) in [4.78, 5) is 24.8. The van der Waals surface area contributed by atoms with Crippen LogP contribution in [0.5, 0.6) is 0 Å². The van der Waals surface area contributed by atoms with Crippen molar-refractivity contribution in [2.75, 3.05) is 24.2 Å². The van der Waals surface area contributed by atoms with Crippen LogP contribution in [0.1, 0.15) is 12.5 Å². The molecule has 0 radical (unpaired) electrons. The number of benzene rings is 2. The largest absolute Gasteiger partial charge is 0.337 e. The summed E-state index contributed by atoms with van der Waals surface area (Å²) in [5.41, 5.74) is 1.86. The Bertz CT molecular complexity index is 692. The van der Waals surface area contributed by atoms with Crippen LogP contribution in [-0.4, -0.2) is 30.8 Å². The SMILES string of the molecule is CCc1ccccc1NC(=O)CNC(=O)NCCSc1ccccc1. The van der Waals surface area contributed by atoms with Crippen molar-refractivity contribution in [3.8, 4) is 0 Å². The van der Waals surface area contributed by atoms with Gasteiger partial charge in [0.25, 0.3) is 0 Å². The molecule has 0 saturated heterocycles. The molecule has 0 aliphatic heterocycles. The lowest BCUT2D eigenvalue weighted by atomic mass is 10.1. The molecule has 0 atom stereocenters. The summed E-state index contributed by atoms with van der Waals surface area (Å²) < 4.78 is 0. The van der Waals surface area contributed by atoms with E-state index in [1.165, 1.54) is 4.90 Å². The molecule has 25 heavy (non-hydrogen) atoms. The minimum absolute atomic E-state index is 0.0598. The molecule has 0 spiro atoms. The summed E-state index contributed by atoms with van der Waals surface area (Å²) in [7, 11) is 0. The van der Waals surface area contributed by atoms with Crippen molar-refractivity contribution in [2.45, 2.75) is 18.2 Å². The summed E-state index contributed by atoms with van der Waals surface area (Å²) in [6.45, 7) is 2.51. The summed E-state index contributed by atoms with van der Waals surface area (Å²) in [5, 5.41) is 8.13. The van der Waals surface area contributed by atoms with Gasteiger partial charge in [-0.25, -0.2) is 4.79 Å². The molecule has 0 fully saturated rings. The number of urea groups is 1. The summed E-state index contributed by atoms with van der Waals surface area (Å²) in [6, 6.07) is 17.3. The molecule has 2 aromatic carbocycles. The Morgan fingerprint density at radius 1 is 0.960 bits per heavy atom. The molecule has 0 unspecified atom stereocenters. The summed E-state index contributed by atoms with van der Waals surface area (Å²) in [5.74, 6) is 0.530. The molecule has 5 nitrogen and oxygen atoms in total. The number of hydrogen-bond acceptors (Lipinski definition) is 3. The molecule has 132 valence electrons. The van der Waals surface area contributed by atoms with Crippen molar-refractivity contribution in [1.29, 1.82) is 0 Å². The number of amides is 3. The first-order chi connectivity index (χ1) is 12.2. The fourth-order valence-electron chi connectivity index (χ4n) is 2.22. The number of aryl methyl sites for hydroxylation is 1. The number of rotatable bonds is 8. The van der Waals surface area contributed by atoms with E-state index in [1.807, 2.05) is 61.5 Å². The van der Waals surface area contributed by atoms with Gasteiger partial charge in [-0.05, 0) is 30.2 Å². The van der Waals surface area contributed by atoms with Crippen molar-refractivity contribution in [3.05, 3.63) is 60.2 Å². The Kier molecular flexibility index (Phi) is 7.85. The zero-order valence-corrected chi connectivity index (χ0v) is 15.1. The normalized spacial score (nSPS) is 10.1. The molecule has 2 rings (SSSR count). The Labute approximate surface area is 152 Å². The van der Waals surface area contributed by atoms with Gasteiger partial charge in [-0.15, -0.1) is 11.8 Å². The highest BCUT2D eigenvalue weighted by Gasteiger charge is 2.07. The van der Waals surface area contributed by atoms with Crippen LogP contribution >= 0.6 is 11.8 Å². The number of nitrogens with one attached hydrogen (secondary N) is 3. The highest BCUT2D eigenvalue weighted by atomic mass is 32.2. The Morgan fingerprint density at radius 3 is 2.44 bits per heavy atom. The Morgan fingerprint density at radius 2 is 1.68 bits per heavy atom. The number of carbonyl (C=O) groups is 2. The molecule has 6 heteroatoms. The van der Waals surface area contributed by atoms with E-state index in [0.717, 1.165) is 23.4 Å². The summed E-state index contributed by atoms with van der Waals surface area (Å²) >= 11 is 1.67. The molecule has 0 saturated carbocycles. The lowest BCUT2D eigenvalue weighted by Crippen LogP contribution is -2.40. The Balaban J connectivity index is 1.63. The van der Waals surface area contributed by atoms with Gasteiger partial charge in [0.2, 0.25) is 5.91 Å². The van der Waals surface area contributed by atoms with Crippen molar-refractivity contribution in [1.82, 2.24) is 10.6 Å². The molecule has 3 N–H and O–H groups in total. The highest BCUT2D eigenvalue weighted by molar-refractivity contribution is 7.99. The van der Waals surface area contributed by atoms with Crippen LogP contribution < -0.4 is 16.0 Å². The topological polar surface area (TPSA) is 70.2 Å². The van der Waals surface area contributed by atoms with Crippen LogP contribution in [-0.2, 0) is 11.2 Å². The van der Waals surface area contributed by atoms with E-state index in [0.29, 0.717) is 6.54 Å². The predicted octanol–water partition coefficient (Wildman–Crippen LogP) is 3.28. The average Bonchev–Trinajstić information content (AvgIpc) is 2.65. The second-order valence-corrected chi connectivity index (χ2v) is 6.50. The van der Waals surface area contributed by atoms with Crippen molar-refractivity contribution < 1.29 is 9.59 Å². The fraction of sp³-hybridized carbons (Fsp3) is 0.263. The van der Waals surface area contributed by atoms with E-state index < -0.39 is 0 Å². The zero-order chi connectivity index (χ0) is 17.9. The van der Waals surface area contributed by atoms with Gasteiger partial charge in [-0.3, -0.25) is 4.79 Å². The third-order valence-corrected chi connectivity index (χ3v) is 4.50. The van der Waals surface area contributed by atoms with E-state index in [9.17, 15) is 9.59 Å². The van der Waals surface area contributed by atoms with Gasteiger partial charge in [0.15, 0.2) is 0 Å². The molecule has 0 aliphatic carbocycles. The van der Waals surface area contributed by atoms with Gasteiger partial charge in [-0.1, -0.05) is 43.3 Å². The highest BCUT2D eigenvalue weighted by Crippen LogP contribution is 2.16. The van der Waals surface area contributed by atoms with E-state index in [4.69, 9.17) is 0 Å². The maximum atomic E-state index is 11.9. The third-order valence-electron chi connectivity index (χ3n) is 3.48. The molecule has 0 aliphatic rings. The smallest absolute Gasteiger partial charge is 0.315 e. The maximum absolute atomic E-state index is 11.9. The van der Waals surface area contributed by atoms with Crippen LogP contribution in [0.4, 0.5) is 10.5 Å². The number of carbonyl (C=O) groups excluding carboxylic acids is 2. The van der Waals surface area contributed by atoms with Crippen molar-refractivity contribution in [2.24, 2.45) is 0 Å². The quantitative estimate of drug-likeness (QED) is 0.502. The molecule has 3 amide bonds. The monoisotopic (exact) mass is 357 g/mol. The van der Waals surface area contributed by atoms with Crippen LogP contribution in [0.15, 0.2) is 59.5 Å². The first-order valence-electron chi connectivity index (χ1n) is 8.26. The number of hydrogen-bond donors (Lipinski definition) is 3. The minimum Gasteiger partial charge on any atom is -0.337 e. The minimum atomic E-state index is -0.340. The number of thioether (sulfide) groups is 1. The number of para-hydroxylation sites is 1. The van der Waals surface area contributed by atoms with Crippen molar-refractivity contribution in [3.63, 3.8) is 0 Å². The lowest BCUT2D eigenvalue weighted by molar-refractivity contribution is -0.115. The van der Waals surface area contributed by atoms with Gasteiger partial charge in [0.1, 0.15) is 0 Å². The standard InChI is InChI=1S/C19H23N3O2S/c1-2-15-8-6-7-11-17(15)22-18(23)14-21-19(24)20-12-13-25-16-9-4-3-5-10-16/h3-11H,2,12-14H2,1H3,(H,22,23)(H2,20,21,24). The molecular weight excluding hydrogens is 334 g/mol. The first-order valence-corrected chi connectivity index (χ1v) is 9.25. The number of anilines is 1. The molecule has 0 bridgehead atoms. The zero-order valence-electron chi connectivity index (χ0n) is 14.2. The summed E-state index contributed by atoms with van der Waals surface area (Å²) in [6.07, 6.45) is 0.837. The van der Waals surface area contributed by atoms with E-state index in [-0.39, 0.29) is 18.5 Å². The molecule has 2 aromatic rings. The molecular formula is C19H23N3O2S. The van der Waals surface area contributed by atoms with Gasteiger partial charge >= 0.3 is 6.03 Å². The average molecular weight is 357 g/mol. The van der Waals surface area contributed by atoms with Crippen LogP contribution in [0, 0.1) is 0 Å². The second-order valence-electron chi connectivity index (χ2n) is 5.33.